The first-order valence-corrected chi connectivity index (χ1v) is 15.3. The summed E-state index contributed by atoms with van der Waals surface area (Å²) in [6, 6.07) is 9.53. The third kappa shape index (κ3) is 8.72. The predicted molar refractivity (Wildman–Crippen MR) is 140 cm³/mol. The van der Waals surface area contributed by atoms with Gasteiger partial charge in [-0.25, -0.2) is 22.2 Å². The van der Waals surface area contributed by atoms with Crippen LogP contribution in [0.15, 0.2) is 46.7 Å². The van der Waals surface area contributed by atoms with Gasteiger partial charge in [0, 0.05) is 16.5 Å². The van der Waals surface area contributed by atoms with Gasteiger partial charge < -0.3 is 18.8 Å². The topological polar surface area (TPSA) is 152 Å². The lowest BCUT2D eigenvalue weighted by atomic mass is 10.2. The van der Waals surface area contributed by atoms with Gasteiger partial charge in [-0.1, -0.05) is 0 Å². The zero-order chi connectivity index (χ0) is 30.8. The van der Waals surface area contributed by atoms with Gasteiger partial charge in [0.25, 0.3) is 15.9 Å². The van der Waals surface area contributed by atoms with Crippen molar-refractivity contribution in [3.63, 3.8) is 0 Å². The van der Waals surface area contributed by atoms with E-state index >= 15 is 0 Å². The minimum absolute atomic E-state index is 0.168. The summed E-state index contributed by atoms with van der Waals surface area (Å²) in [5.74, 6) is -5.10. The molecule has 2 N–H and O–H groups in total. The molecule has 0 aliphatic rings. The third-order valence-corrected chi connectivity index (χ3v) is 9.55. The van der Waals surface area contributed by atoms with Crippen LogP contribution in [0.1, 0.15) is 5.56 Å². The first kappa shape index (κ1) is 32.0. The summed E-state index contributed by atoms with van der Waals surface area (Å²) >= 11 is 0.756. The standard InChI is InChI=1S/C23H21F4N4O7PS2/c1-31(2,3)12-20(32)30-16-5-7-19-15(8-16)9-21(40-19)41(35,36)29-13-39(34,38-22(33)23(25,26)27)37-17-6-4-14(11-28)18(24)10-17/h4-10,29H,12-13H2,1-3H3/p+1. The van der Waals surface area contributed by atoms with E-state index in [1.807, 2.05) is 21.1 Å². The molecular formula is C23H22F4N4O7PS2+. The van der Waals surface area contributed by atoms with Crippen LogP contribution in [-0.4, -0.2) is 64.9 Å². The number of carbonyl (C=O) groups is 2. The molecule has 0 aliphatic carbocycles. The van der Waals surface area contributed by atoms with Crippen molar-refractivity contribution in [1.82, 2.24) is 4.72 Å². The van der Waals surface area contributed by atoms with E-state index in [9.17, 15) is 40.1 Å². The van der Waals surface area contributed by atoms with Crippen molar-refractivity contribution in [3.8, 4) is 11.8 Å². The first-order valence-electron chi connectivity index (χ1n) is 11.2. The summed E-state index contributed by atoms with van der Waals surface area (Å²) in [5.41, 5.74) is -0.0849. The van der Waals surface area contributed by atoms with Crippen LogP contribution in [0.3, 0.4) is 0 Å². The second-order valence-electron chi connectivity index (χ2n) is 9.45. The Labute approximate surface area is 235 Å². The highest BCUT2D eigenvalue weighted by Gasteiger charge is 2.46. The number of quaternary nitrogens is 1. The van der Waals surface area contributed by atoms with Crippen molar-refractivity contribution in [1.29, 1.82) is 5.26 Å². The predicted octanol–water partition coefficient (Wildman–Crippen LogP) is 4.17. The fraction of sp³-hybridized carbons (Fsp3) is 0.261. The molecule has 220 valence electrons. The Morgan fingerprint density at radius 1 is 1.12 bits per heavy atom. The fourth-order valence-electron chi connectivity index (χ4n) is 3.16. The molecule has 41 heavy (non-hydrogen) atoms. The molecule has 1 atom stereocenters. The molecule has 1 aromatic heterocycles. The number of fused-ring (bicyclic) bond motifs is 1. The van der Waals surface area contributed by atoms with E-state index in [0.717, 1.165) is 23.5 Å². The first-order chi connectivity index (χ1) is 18.8. The van der Waals surface area contributed by atoms with Gasteiger partial charge in [0.05, 0.1) is 26.7 Å². The molecule has 1 unspecified atom stereocenters. The SMILES string of the molecule is C[N+](C)(C)CC(=O)Nc1ccc2sc(S(=O)(=O)NCP(=O)(OC(=O)C(F)(F)F)Oc3ccc(C#N)c(F)c3)cc2c1. The second-order valence-corrected chi connectivity index (χ2v) is 14.4. The van der Waals surface area contributed by atoms with Crippen LogP contribution >= 0.6 is 18.9 Å². The monoisotopic (exact) mass is 637 g/mol. The number of hydrogen-bond donors (Lipinski definition) is 2. The maximum atomic E-state index is 13.9. The van der Waals surface area contributed by atoms with E-state index in [4.69, 9.17) is 9.79 Å². The molecule has 0 spiro atoms. The Morgan fingerprint density at radius 2 is 1.80 bits per heavy atom. The smallest absolute Gasteiger partial charge is 0.415 e. The van der Waals surface area contributed by atoms with Gasteiger partial charge in [-0.2, -0.15) is 23.2 Å². The lowest BCUT2D eigenvalue weighted by molar-refractivity contribution is -0.861. The van der Waals surface area contributed by atoms with Crippen LogP contribution in [0.5, 0.6) is 5.75 Å². The van der Waals surface area contributed by atoms with Gasteiger partial charge in [-0.3, -0.25) is 4.79 Å². The number of nitriles is 1. The largest absolute Gasteiger partial charge is 0.491 e. The number of amides is 1. The van der Waals surface area contributed by atoms with Gasteiger partial charge in [-0.05, 0) is 41.8 Å². The Bertz CT molecular complexity index is 1700. The molecule has 11 nitrogen and oxygen atoms in total. The molecule has 0 fully saturated rings. The number of nitrogens with one attached hydrogen (secondary N) is 2. The van der Waals surface area contributed by atoms with Crippen LogP contribution in [0.2, 0.25) is 0 Å². The minimum atomic E-state index is -5.61. The Morgan fingerprint density at radius 3 is 2.39 bits per heavy atom. The highest BCUT2D eigenvalue weighted by atomic mass is 32.2. The van der Waals surface area contributed by atoms with Crippen LogP contribution in [-0.2, 0) is 28.7 Å². The van der Waals surface area contributed by atoms with Crippen LogP contribution in [0, 0.1) is 17.1 Å². The highest BCUT2D eigenvalue weighted by molar-refractivity contribution is 7.92. The zero-order valence-electron chi connectivity index (χ0n) is 21.5. The second kappa shape index (κ2) is 11.7. The molecule has 1 amide bonds. The van der Waals surface area contributed by atoms with E-state index in [1.165, 1.54) is 18.2 Å². The summed E-state index contributed by atoms with van der Waals surface area (Å²) in [7, 11) is -4.38. The lowest BCUT2D eigenvalue weighted by Crippen LogP contribution is -2.41. The molecule has 0 saturated heterocycles. The quantitative estimate of drug-likeness (QED) is 0.191. The molecule has 1 heterocycles. The average Bonchev–Trinajstić information content (AvgIpc) is 3.26. The van der Waals surface area contributed by atoms with Crippen molar-refractivity contribution in [2.45, 2.75) is 10.4 Å². The summed E-state index contributed by atoms with van der Waals surface area (Å²) in [5, 5.41) is 11.9. The number of rotatable bonds is 10. The normalized spacial score (nSPS) is 13.7. The number of anilines is 1. The van der Waals surface area contributed by atoms with Crippen molar-refractivity contribution in [3.05, 3.63) is 53.8 Å². The van der Waals surface area contributed by atoms with Crippen LogP contribution in [0.25, 0.3) is 10.1 Å². The molecular weight excluding hydrogens is 615 g/mol. The number of sulfonamides is 1. The molecule has 18 heteroatoms. The van der Waals surface area contributed by atoms with Gasteiger partial charge in [0.15, 0.2) is 6.54 Å². The Hall–Kier alpha value is -3.55. The highest BCUT2D eigenvalue weighted by Crippen LogP contribution is 2.49. The third-order valence-electron chi connectivity index (χ3n) is 4.87. The van der Waals surface area contributed by atoms with E-state index in [1.54, 1.807) is 16.9 Å². The fourth-order valence-corrected chi connectivity index (χ4v) is 7.51. The van der Waals surface area contributed by atoms with Crippen molar-refractivity contribution < 1.29 is 53.7 Å². The summed E-state index contributed by atoms with van der Waals surface area (Å²) in [6.07, 6.45) is -7.06. The number of nitrogens with zero attached hydrogens (tertiary/aromatic N) is 2. The number of carbonyl (C=O) groups excluding carboxylic acids is 2. The van der Waals surface area contributed by atoms with Crippen molar-refractivity contribution >= 4 is 56.6 Å². The number of hydrogen-bond acceptors (Lipinski definition) is 9. The lowest BCUT2D eigenvalue weighted by Gasteiger charge is -2.22. The molecule has 3 rings (SSSR count). The molecule has 0 bridgehead atoms. The van der Waals surface area contributed by atoms with E-state index in [2.05, 4.69) is 9.84 Å². The zero-order valence-corrected chi connectivity index (χ0v) is 24.0. The van der Waals surface area contributed by atoms with Gasteiger partial charge in [-0.15, -0.1) is 11.3 Å². The number of alkyl halides is 3. The molecule has 2 aromatic carbocycles. The van der Waals surface area contributed by atoms with Crippen molar-refractivity contribution in [2.24, 2.45) is 0 Å². The average molecular weight is 638 g/mol. The molecule has 3 aromatic rings. The van der Waals surface area contributed by atoms with Gasteiger partial charge >= 0.3 is 19.7 Å². The van der Waals surface area contributed by atoms with E-state index in [0.29, 0.717) is 26.3 Å². The van der Waals surface area contributed by atoms with E-state index < -0.39 is 53.2 Å². The van der Waals surface area contributed by atoms with Crippen molar-refractivity contribution in [2.75, 3.05) is 39.3 Å². The Balaban J connectivity index is 1.84. The van der Waals surface area contributed by atoms with E-state index in [-0.39, 0.29) is 16.7 Å². The number of thiophene rings is 1. The maximum Gasteiger partial charge on any atom is 0.491 e. The molecule has 0 saturated carbocycles. The Kier molecular flexibility index (Phi) is 9.16. The molecule has 0 aliphatic heterocycles. The molecule has 0 radical (unpaired) electrons. The van der Waals surface area contributed by atoms with Gasteiger partial charge in [0.2, 0.25) is 0 Å². The summed E-state index contributed by atoms with van der Waals surface area (Å²) in [4.78, 5) is 23.6. The number of likely N-dealkylation sites (N-methyl/N-ethyl adjacent to an activating group) is 1. The number of benzene rings is 2. The maximum absolute atomic E-state index is 13.9. The number of halogens is 4. The minimum Gasteiger partial charge on any atom is -0.415 e. The van der Waals surface area contributed by atoms with Gasteiger partial charge in [0.1, 0.15) is 28.1 Å². The van der Waals surface area contributed by atoms with Crippen LogP contribution < -0.4 is 14.6 Å². The summed E-state index contributed by atoms with van der Waals surface area (Å²) in [6.45, 7) is 0.168. The van der Waals surface area contributed by atoms with Crippen LogP contribution in [0.4, 0.5) is 23.2 Å². The summed E-state index contributed by atoms with van der Waals surface area (Å²) < 4.78 is 102.